The van der Waals surface area contributed by atoms with Crippen LogP contribution < -0.4 is 19.5 Å². The number of benzene rings is 6. The van der Waals surface area contributed by atoms with Gasteiger partial charge in [0.25, 0.3) is 17.7 Å². The molecule has 1 N–H and O–H groups in total. The van der Waals surface area contributed by atoms with Crippen LogP contribution in [0.4, 0.5) is 0 Å². The Hall–Kier alpha value is -10.7. The minimum Gasteiger partial charge on any atom is -0.490 e. The van der Waals surface area contributed by atoms with Crippen molar-refractivity contribution in [1.29, 1.82) is 15.8 Å². The lowest BCUT2D eigenvalue weighted by Gasteiger charge is -2.25. The second kappa shape index (κ2) is 33.0. The third-order valence-electron chi connectivity index (χ3n) is 20.6. The lowest BCUT2D eigenvalue weighted by Crippen LogP contribution is -2.33. The van der Waals surface area contributed by atoms with Gasteiger partial charge in [-0.2, -0.15) is 30.7 Å². The molecule has 3 aliphatic heterocycles. The van der Waals surface area contributed by atoms with Crippen molar-refractivity contribution in [2.45, 2.75) is 134 Å². The summed E-state index contributed by atoms with van der Waals surface area (Å²) in [6.45, 7) is 13.6. The summed E-state index contributed by atoms with van der Waals surface area (Å²) in [5.74, 6) is 4.15. The number of fused-ring (bicyclic) bond motifs is 6. The molecule has 6 aliphatic rings. The van der Waals surface area contributed by atoms with Crippen LogP contribution in [0.5, 0.6) is 17.2 Å². The number of alkyl halides is 1. The summed E-state index contributed by atoms with van der Waals surface area (Å²) in [4.78, 5) is 54.6. The molecule has 3 amide bonds. The van der Waals surface area contributed by atoms with Crippen molar-refractivity contribution in [1.82, 2.24) is 45.5 Å². The topological polar surface area (TPSA) is 388 Å². The molecular formula is C81H85BrN12O15S3. The summed E-state index contributed by atoms with van der Waals surface area (Å²) in [5.41, 5.74) is 11.7. The summed E-state index contributed by atoms with van der Waals surface area (Å²) < 4.78 is 101. The van der Waals surface area contributed by atoms with E-state index in [0.29, 0.717) is 130 Å². The van der Waals surface area contributed by atoms with E-state index in [9.17, 15) is 55.4 Å². The fourth-order valence-electron chi connectivity index (χ4n) is 15.5. The second-order valence-corrected chi connectivity index (χ2v) is 37.7. The first-order valence-electron chi connectivity index (χ1n) is 36.7. The molecule has 3 saturated heterocycles. The number of aromatic nitrogens is 6. The lowest BCUT2D eigenvalue weighted by atomic mass is 9.80. The van der Waals surface area contributed by atoms with Gasteiger partial charge in [0.1, 0.15) is 65.0 Å². The van der Waals surface area contributed by atoms with Gasteiger partial charge in [-0.3, -0.25) is 14.4 Å². The Morgan fingerprint density at radius 2 is 0.812 bits per heavy atom. The molecule has 3 unspecified atom stereocenters. The van der Waals surface area contributed by atoms with Crippen molar-refractivity contribution in [3.05, 3.63) is 159 Å². The highest BCUT2D eigenvalue weighted by molar-refractivity contribution is 9.09. The minimum absolute atomic E-state index is 0.0121. The maximum atomic E-state index is 12.8. The molecule has 15 rings (SSSR count). The Labute approximate surface area is 658 Å². The summed E-state index contributed by atoms with van der Waals surface area (Å²) in [7, 11) is -9.03. The first-order valence-corrected chi connectivity index (χ1v) is 44.0. The molecule has 31 heteroatoms. The normalized spacial score (nSPS) is 18.7. The van der Waals surface area contributed by atoms with Crippen molar-refractivity contribution < 1.29 is 67.4 Å². The zero-order valence-electron chi connectivity index (χ0n) is 63.5. The summed E-state index contributed by atoms with van der Waals surface area (Å²) >= 11 is 3.01. The molecule has 3 aromatic heterocycles. The molecule has 3 spiro atoms. The molecule has 3 aliphatic carbocycles. The molecule has 0 saturated carbocycles. The van der Waals surface area contributed by atoms with Crippen LogP contribution in [0.25, 0.3) is 68.5 Å². The third-order valence-corrected chi connectivity index (χ3v) is 24.4. The Bertz CT molecular complexity index is 5390. The first kappa shape index (κ1) is 80.9. The maximum absolute atomic E-state index is 12.8. The van der Waals surface area contributed by atoms with E-state index in [2.05, 4.69) is 75.9 Å². The number of hydrogen-bond acceptors (Lipinski definition) is 24. The van der Waals surface area contributed by atoms with Crippen molar-refractivity contribution in [2.24, 2.45) is 0 Å². The van der Waals surface area contributed by atoms with E-state index in [1.54, 1.807) is 58.3 Å². The van der Waals surface area contributed by atoms with Gasteiger partial charge in [0, 0.05) is 126 Å². The summed E-state index contributed by atoms with van der Waals surface area (Å²) in [6, 6.07) is 40.1. The second-order valence-electron chi connectivity index (χ2n) is 30.1. The number of ether oxygens (including phenoxy) is 3. The number of rotatable bonds is 20. The van der Waals surface area contributed by atoms with Crippen molar-refractivity contribution in [3.63, 3.8) is 0 Å². The number of nitrogens with one attached hydrogen (secondary N) is 1. The lowest BCUT2D eigenvalue weighted by molar-refractivity contribution is -0.128. The molecule has 3 atom stereocenters. The van der Waals surface area contributed by atoms with E-state index < -0.39 is 29.5 Å². The number of nitriles is 3. The molecule has 0 radical (unpaired) electrons. The molecule has 584 valence electrons. The van der Waals surface area contributed by atoms with E-state index in [0.717, 1.165) is 77.5 Å². The van der Waals surface area contributed by atoms with Gasteiger partial charge in [-0.15, -0.1) is 0 Å². The Morgan fingerprint density at radius 1 is 0.482 bits per heavy atom. The van der Waals surface area contributed by atoms with E-state index in [-0.39, 0.29) is 82.6 Å². The highest BCUT2D eigenvalue weighted by Gasteiger charge is 2.51. The smallest absolute Gasteiger partial charge is 0.258 e. The molecular weight excluding hydrogens is 1560 g/mol. The predicted molar refractivity (Wildman–Crippen MR) is 420 cm³/mol. The summed E-state index contributed by atoms with van der Waals surface area (Å²) in [5, 5.41) is 44.8. The molecule has 0 bridgehead atoms. The number of amides is 3. The van der Waals surface area contributed by atoms with E-state index in [1.807, 2.05) is 96.1 Å². The monoisotopic (exact) mass is 1640 g/mol. The van der Waals surface area contributed by atoms with Crippen LogP contribution in [-0.4, -0.2) is 176 Å². The molecule has 6 aromatic carbocycles. The van der Waals surface area contributed by atoms with E-state index in [1.165, 1.54) is 29.9 Å². The van der Waals surface area contributed by atoms with Crippen LogP contribution in [-0.2, 0) is 79.4 Å². The standard InChI is InChI=1S/2C27H28N4O5S.C24H22N4O3.C3H7BrO2S/c2*1-17(2)35-23-8-7-18(13-19(23)15-28)26-29-25(30-36-26)21-5-4-6-22-20(21)9-10-27(22)14-24(32)31(16-27)11-12-37(3,33)34;1-14(2)30-20-7-6-15(10-16(20)12-25)23-27-22(28-31-23)18-4-3-5-19-17(18)8-9-24(19)11-21(29)26-13-24;1-7(5,6)3-2-4/h2*4-8,13,17H,9-12,14,16H2,1-3H3;3-7,10,14H,8-9,11,13H2,1-2H3,(H,26,29);2-3H2,1H3. The van der Waals surface area contributed by atoms with Crippen LogP contribution in [0, 0.1) is 34.0 Å². The fraction of sp³-hybridized carbons (Fsp3) is 0.407. The molecule has 6 heterocycles. The Morgan fingerprint density at radius 3 is 1.10 bits per heavy atom. The Kier molecular flexibility index (Phi) is 23.8. The van der Waals surface area contributed by atoms with Crippen LogP contribution in [0.3, 0.4) is 0 Å². The molecule has 27 nitrogen and oxygen atoms in total. The summed E-state index contributed by atoms with van der Waals surface area (Å²) in [6.07, 6.45) is 9.67. The number of sulfone groups is 3. The molecule has 3 fully saturated rings. The average molecular weight is 1640 g/mol. The zero-order valence-corrected chi connectivity index (χ0v) is 67.5. The Balaban J connectivity index is 0.000000150. The fourth-order valence-corrected chi connectivity index (χ4v) is 18.7. The van der Waals surface area contributed by atoms with Crippen LogP contribution in [0.1, 0.15) is 130 Å². The van der Waals surface area contributed by atoms with Gasteiger partial charge in [-0.1, -0.05) is 86.0 Å². The quantitative estimate of drug-likeness (QED) is 0.0692. The van der Waals surface area contributed by atoms with E-state index >= 15 is 0 Å². The van der Waals surface area contributed by atoms with Gasteiger partial charge >= 0.3 is 0 Å². The average Bonchev–Trinajstić information content (AvgIpc) is 1.60. The number of hydrogen-bond donors (Lipinski definition) is 1. The van der Waals surface area contributed by atoms with Gasteiger partial charge in [-0.05, 0) is 168 Å². The molecule has 9 aromatic rings. The van der Waals surface area contributed by atoms with E-state index in [4.69, 9.17) is 27.8 Å². The van der Waals surface area contributed by atoms with Gasteiger partial charge in [0.15, 0.2) is 0 Å². The van der Waals surface area contributed by atoms with Crippen molar-refractivity contribution >= 4 is 63.2 Å². The maximum Gasteiger partial charge on any atom is 0.258 e. The SMILES string of the molecule is CC(C)Oc1ccc(-c2nc(-c3cccc4c3CCC43CC(=O)N(CCS(C)(=O)=O)C3)no2)cc1C#N.CC(C)Oc1ccc(-c2nc(-c3cccc4c3CCC43CC(=O)N(CCS(C)(=O)=O)C3)no2)cc1C#N.CC(C)Oc1ccc(-c2nc(-c3cccc4c3CCC43CNC(=O)C3)no2)cc1C#N.CS(=O)(=O)CCBr. The zero-order chi connectivity index (χ0) is 80.2. The highest BCUT2D eigenvalue weighted by Crippen LogP contribution is 2.51. The number of carbonyl (C=O) groups is 3. The predicted octanol–water partition coefficient (Wildman–Crippen LogP) is 11.2. The van der Waals surface area contributed by atoms with Crippen LogP contribution in [0.15, 0.2) is 123 Å². The third kappa shape index (κ3) is 18.1. The van der Waals surface area contributed by atoms with Gasteiger partial charge < -0.3 is 42.9 Å². The molecule has 112 heavy (non-hydrogen) atoms. The number of halogens is 1. The largest absolute Gasteiger partial charge is 0.490 e. The number of likely N-dealkylation sites (tertiary alicyclic amines) is 2. The van der Waals surface area contributed by atoms with Crippen molar-refractivity contribution in [3.8, 4) is 104 Å². The van der Waals surface area contributed by atoms with Gasteiger partial charge in [0.2, 0.25) is 35.2 Å². The number of nitrogens with zero attached hydrogens (tertiary/aromatic N) is 11. The van der Waals surface area contributed by atoms with Gasteiger partial charge in [0.05, 0.1) is 52.3 Å². The first-order chi connectivity index (χ1) is 53.2. The van der Waals surface area contributed by atoms with Crippen molar-refractivity contribution in [2.75, 3.05) is 74.1 Å². The highest BCUT2D eigenvalue weighted by atomic mass is 79.9. The van der Waals surface area contributed by atoms with Gasteiger partial charge in [-0.25, -0.2) is 25.3 Å². The number of carbonyl (C=O) groups excluding carboxylic acids is 3. The minimum atomic E-state index is -3.15. The van der Waals surface area contributed by atoms with Crippen LogP contribution in [0.2, 0.25) is 0 Å². The van der Waals surface area contributed by atoms with Crippen LogP contribution >= 0.6 is 15.9 Å².